The highest BCUT2D eigenvalue weighted by atomic mass is 16.5. The number of primary amides is 1. The molecule has 6 nitrogen and oxygen atoms in total. The summed E-state index contributed by atoms with van der Waals surface area (Å²) in [6, 6.07) is 0. The quantitative estimate of drug-likeness (QED) is 0.643. The molecule has 1 aliphatic heterocycles. The summed E-state index contributed by atoms with van der Waals surface area (Å²) in [5.74, 6) is 0.436. The fraction of sp³-hybridized carbons (Fsp3) is 0.625. The maximum absolute atomic E-state index is 11.1. The Morgan fingerprint density at radius 1 is 1.64 bits per heavy atom. The third-order valence-corrected chi connectivity index (χ3v) is 2.44. The number of carbonyl (C=O) groups excluding carboxylic acids is 1. The molecule has 2 rings (SSSR count). The van der Waals surface area contributed by atoms with Crippen LogP contribution in [0, 0.1) is 12.8 Å². The van der Waals surface area contributed by atoms with Gasteiger partial charge in [-0.3, -0.25) is 4.79 Å². The summed E-state index contributed by atoms with van der Waals surface area (Å²) in [7, 11) is 0. The molecule has 1 fully saturated rings. The Morgan fingerprint density at radius 3 is 3.00 bits per heavy atom. The number of carbonyl (C=O) groups is 1. The third-order valence-electron chi connectivity index (χ3n) is 2.44. The molecule has 2 atom stereocenters. The van der Waals surface area contributed by atoms with Crippen molar-refractivity contribution < 1.29 is 9.32 Å². The molecule has 0 bridgehead atoms. The molecule has 3 N–H and O–H groups in total. The number of hydrogen-bond acceptors (Lipinski definition) is 5. The van der Waals surface area contributed by atoms with Crippen molar-refractivity contribution in [1.29, 1.82) is 0 Å². The van der Waals surface area contributed by atoms with E-state index in [4.69, 9.17) is 10.3 Å². The van der Waals surface area contributed by atoms with Gasteiger partial charge in [0.2, 0.25) is 11.8 Å². The standard InChI is InChI=1S/C8H12N4O2/c1-4-11-8(14-12-4)6-3-10-2-5(6)7(9)13/h5-6,10H,2-3H2,1H3,(H2,9,13)/t5-,6-/m1/s1. The average Bonchev–Trinajstić information content (AvgIpc) is 2.70. The minimum absolute atomic E-state index is 0.0753. The Bertz CT molecular complexity index is 349. The van der Waals surface area contributed by atoms with Gasteiger partial charge >= 0.3 is 0 Å². The van der Waals surface area contributed by atoms with Crippen LogP contribution in [0.1, 0.15) is 17.6 Å². The number of aromatic nitrogens is 2. The van der Waals surface area contributed by atoms with Crippen LogP contribution in [0.25, 0.3) is 0 Å². The van der Waals surface area contributed by atoms with Crippen LogP contribution in [0.4, 0.5) is 0 Å². The van der Waals surface area contributed by atoms with E-state index in [-0.39, 0.29) is 17.7 Å². The zero-order chi connectivity index (χ0) is 10.1. The Morgan fingerprint density at radius 2 is 2.43 bits per heavy atom. The zero-order valence-electron chi connectivity index (χ0n) is 7.86. The number of nitrogens with one attached hydrogen (secondary N) is 1. The SMILES string of the molecule is Cc1noc([C@@H]2CNC[C@H]2C(N)=O)n1. The van der Waals surface area contributed by atoms with Crippen LogP contribution in [0.5, 0.6) is 0 Å². The minimum atomic E-state index is -0.323. The molecule has 0 unspecified atom stereocenters. The predicted molar refractivity (Wildman–Crippen MR) is 47.3 cm³/mol. The largest absolute Gasteiger partial charge is 0.369 e. The van der Waals surface area contributed by atoms with Crippen molar-refractivity contribution in [3.8, 4) is 0 Å². The van der Waals surface area contributed by atoms with Gasteiger partial charge in [-0.2, -0.15) is 4.98 Å². The van der Waals surface area contributed by atoms with Crippen molar-refractivity contribution in [2.75, 3.05) is 13.1 Å². The molecule has 1 aliphatic rings. The van der Waals surface area contributed by atoms with E-state index in [0.717, 1.165) is 0 Å². The Kier molecular flexibility index (Phi) is 2.20. The molecule has 1 aromatic rings. The van der Waals surface area contributed by atoms with Crippen molar-refractivity contribution in [2.24, 2.45) is 11.7 Å². The lowest BCUT2D eigenvalue weighted by atomic mass is 9.95. The van der Waals surface area contributed by atoms with Crippen LogP contribution in [0.2, 0.25) is 0 Å². The Hall–Kier alpha value is -1.43. The van der Waals surface area contributed by atoms with Crippen molar-refractivity contribution in [1.82, 2.24) is 15.5 Å². The molecule has 1 aromatic heterocycles. The van der Waals surface area contributed by atoms with Crippen LogP contribution in [-0.4, -0.2) is 29.1 Å². The second-order valence-electron chi connectivity index (χ2n) is 3.45. The van der Waals surface area contributed by atoms with Gasteiger partial charge in [-0.25, -0.2) is 0 Å². The molecule has 1 amide bonds. The van der Waals surface area contributed by atoms with E-state index in [9.17, 15) is 4.79 Å². The summed E-state index contributed by atoms with van der Waals surface area (Å²) < 4.78 is 5.02. The molecule has 0 aliphatic carbocycles. The Labute approximate surface area is 80.9 Å². The van der Waals surface area contributed by atoms with E-state index in [2.05, 4.69) is 15.5 Å². The van der Waals surface area contributed by atoms with Crippen LogP contribution in [0.15, 0.2) is 4.52 Å². The van der Waals surface area contributed by atoms with Crippen molar-refractivity contribution in [3.63, 3.8) is 0 Å². The molecule has 0 spiro atoms. The molecule has 0 aromatic carbocycles. The van der Waals surface area contributed by atoms with Gasteiger partial charge in [0, 0.05) is 13.1 Å². The zero-order valence-corrected chi connectivity index (χ0v) is 7.86. The molecular formula is C8H12N4O2. The topological polar surface area (TPSA) is 94.0 Å². The van der Waals surface area contributed by atoms with Gasteiger partial charge in [-0.05, 0) is 6.92 Å². The molecule has 1 saturated heterocycles. The second kappa shape index (κ2) is 3.38. The highest BCUT2D eigenvalue weighted by Gasteiger charge is 2.36. The van der Waals surface area contributed by atoms with Gasteiger partial charge in [-0.15, -0.1) is 0 Å². The number of nitrogens with two attached hydrogens (primary N) is 1. The van der Waals surface area contributed by atoms with Crippen molar-refractivity contribution >= 4 is 5.91 Å². The lowest BCUT2D eigenvalue weighted by Crippen LogP contribution is -2.28. The molecule has 6 heteroatoms. The maximum Gasteiger partial charge on any atom is 0.231 e. The van der Waals surface area contributed by atoms with Crippen LogP contribution in [-0.2, 0) is 4.79 Å². The van der Waals surface area contributed by atoms with Gasteiger partial charge in [-0.1, -0.05) is 5.16 Å². The second-order valence-corrected chi connectivity index (χ2v) is 3.45. The van der Waals surface area contributed by atoms with E-state index in [1.165, 1.54) is 0 Å². The summed E-state index contributed by atoms with van der Waals surface area (Å²) in [5.41, 5.74) is 5.26. The lowest BCUT2D eigenvalue weighted by molar-refractivity contribution is -0.121. The number of hydrogen-bond donors (Lipinski definition) is 2. The number of aryl methyl sites for hydroxylation is 1. The molecule has 76 valence electrons. The molecular weight excluding hydrogens is 184 g/mol. The predicted octanol–water partition coefficient (Wildman–Crippen LogP) is -0.834. The average molecular weight is 196 g/mol. The van der Waals surface area contributed by atoms with E-state index < -0.39 is 0 Å². The summed E-state index contributed by atoms with van der Waals surface area (Å²) >= 11 is 0. The summed E-state index contributed by atoms with van der Waals surface area (Å²) in [5, 5.41) is 6.77. The normalized spacial score (nSPS) is 26.6. The monoisotopic (exact) mass is 196 g/mol. The van der Waals surface area contributed by atoms with E-state index in [1.807, 2.05) is 0 Å². The van der Waals surface area contributed by atoms with Gasteiger partial charge in [0.05, 0.1) is 11.8 Å². The van der Waals surface area contributed by atoms with E-state index in [0.29, 0.717) is 24.8 Å². The third kappa shape index (κ3) is 1.48. The smallest absolute Gasteiger partial charge is 0.231 e. The van der Waals surface area contributed by atoms with Gasteiger partial charge in [0.25, 0.3) is 0 Å². The minimum Gasteiger partial charge on any atom is -0.369 e. The Balaban J connectivity index is 2.21. The first-order valence-corrected chi connectivity index (χ1v) is 4.48. The van der Waals surface area contributed by atoms with Gasteiger partial charge in [0.15, 0.2) is 5.82 Å². The molecule has 14 heavy (non-hydrogen) atoms. The summed E-state index contributed by atoms with van der Waals surface area (Å²) in [6.07, 6.45) is 0. The van der Waals surface area contributed by atoms with Crippen LogP contribution in [0.3, 0.4) is 0 Å². The number of amides is 1. The maximum atomic E-state index is 11.1. The lowest BCUT2D eigenvalue weighted by Gasteiger charge is -2.09. The highest BCUT2D eigenvalue weighted by Crippen LogP contribution is 2.26. The number of rotatable bonds is 2. The van der Waals surface area contributed by atoms with Gasteiger partial charge in [0.1, 0.15) is 0 Å². The first-order valence-electron chi connectivity index (χ1n) is 4.48. The van der Waals surface area contributed by atoms with Crippen molar-refractivity contribution in [2.45, 2.75) is 12.8 Å². The summed E-state index contributed by atoms with van der Waals surface area (Å²) in [4.78, 5) is 15.2. The number of nitrogens with zero attached hydrogens (tertiary/aromatic N) is 2. The van der Waals surface area contributed by atoms with Crippen molar-refractivity contribution in [3.05, 3.63) is 11.7 Å². The summed E-state index contributed by atoms with van der Waals surface area (Å²) in [6.45, 7) is 2.99. The highest BCUT2D eigenvalue weighted by molar-refractivity contribution is 5.78. The fourth-order valence-corrected chi connectivity index (χ4v) is 1.70. The fourth-order valence-electron chi connectivity index (χ4n) is 1.70. The molecule has 0 radical (unpaired) electrons. The van der Waals surface area contributed by atoms with Crippen LogP contribution < -0.4 is 11.1 Å². The van der Waals surface area contributed by atoms with E-state index in [1.54, 1.807) is 6.92 Å². The first kappa shape index (κ1) is 9.14. The van der Waals surface area contributed by atoms with Crippen LogP contribution >= 0.6 is 0 Å². The molecule has 0 saturated carbocycles. The van der Waals surface area contributed by atoms with E-state index >= 15 is 0 Å². The van der Waals surface area contributed by atoms with Gasteiger partial charge < -0.3 is 15.6 Å². The first-order chi connectivity index (χ1) is 6.68. The molecule has 2 heterocycles.